The first kappa shape index (κ1) is 15.3. The number of nitro groups is 1. The fourth-order valence-electron chi connectivity index (χ4n) is 1.50. The van der Waals surface area contributed by atoms with Crippen LogP contribution in [0.4, 0.5) is 5.69 Å². The average molecular weight is 290 g/mol. The van der Waals surface area contributed by atoms with Gasteiger partial charge in [-0.3, -0.25) is 14.9 Å². The van der Waals surface area contributed by atoms with Crippen molar-refractivity contribution in [3.8, 4) is 0 Å². The highest BCUT2D eigenvalue weighted by Crippen LogP contribution is 2.30. The second kappa shape index (κ2) is 5.91. The predicted molar refractivity (Wildman–Crippen MR) is 65.4 cm³/mol. The Balaban J connectivity index is 3.15. The summed E-state index contributed by atoms with van der Waals surface area (Å²) in [7, 11) is 0. The number of rotatable bonds is 5. The first-order chi connectivity index (χ1) is 8.73. The summed E-state index contributed by atoms with van der Waals surface area (Å²) in [4.78, 5) is 24.4. The van der Waals surface area contributed by atoms with Crippen LogP contribution in [0.1, 0.15) is 23.8 Å². The molecule has 0 aliphatic rings. The Labute approximate surface area is 113 Å². The van der Waals surface area contributed by atoms with Crippen LogP contribution in [-0.2, 0) is 4.79 Å². The summed E-state index contributed by atoms with van der Waals surface area (Å²) in [6.45, 7) is 1.39. The molecule has 1 heterocycles. The Kier molecular flexibility index (Phi) is 4.76. The predicted octanol–water partition coefficient (Wildman–Crippen LogP) is 0.221. The van der Waals surface area contributed by atoms with Crippen LogP contribution in [0.25, 0.3) is 0 Å². The number of primary amides is 1. The molecular formula is C10H12ClN3O5. The van der Waals surface area contributed by atoms with Gasteiger partial charge < -0.3 is 15.9 Å². The van der Waals surface area contributed by atoms with Crippen molar-refractivity contribution in [3.05, 3.63) is 32.6 Å². The monoisotopic (exact) mass is 289 g/mol. The number of nitrogens with two attached hydrogens (primary N) is 1. The van der Waals surface area contributed by atoms with E-state index in [2.05, 4.69) is 4.98 Å². The maximum Gasteiger partial charge on any atom is 0.290 e. The Hall–Kier alpha value is -1.77. The molecule has 0 aliphatic heterocycles. The smallest absolute Gasteiger partial charge is 0.290 e. The van der Waals surface area contributed by atoms with Gasteiger partial charge in [-0.2, -0.15) is 0 Å². The lowest BCUT2D eigenvalue weighted by molar-refractivity contribution is -0.385. The van der Waals surface area contributed by atoms with E-state index in [4.69, 9.17) is 17.3 Å². The number of aromatic nitrogens is 1. The van der Waals surface area contributed by atoms with Crippen LogP contribution in [-0.4, -0.2) is 32.1 Å². The summed E-state index contributed by atoms with van der Waals surface area (Å²) < 4.78 is 0. The first-order valence-electron chi connectivity index (χ1n) is 5.20. The number of hydrogen-bond donors (Lipinski definition) is 3. The van der Waals surface area contributed by atoms with Crippen molar-refractivity contribution in [2.45, 2.75) is 25.6 Å². The third-order valence-corrected chi connectivity index (χ3v) is 2.76. The van der Waals surface area contributed by atoms with Gasteiger partial charge in [-0.15, -0.1) is 0 Å². The van der Waals surface area contributed by atoms with E-state index in [1.165, 1.54) is 6.92 Å². The van der Waals surface area contributed by atoms with Gasteiger partial charge in [-0.05, 0) is 6.92 Å². The zero-order valence-electron chi connectivity index (χ0n) is 9.91. The Morgan fingerprint density at radius 1 is 1.63 bits per heavy atom. The molecule has 0 saturated carbocycles. The Morgan fingerprint density at radius 2 is 2.21 bits per heavy atom. The number of hydrogen-bond acceptors (Lipinski definition) is 6. The lowest BCUT2D eigenvalue weighted by Crippen LogP contribution is -2.26. The second-order valence-corrected chi connectivity index (χ2v) is 4.27. The van der Waals surface area contributed by atoms with Crippen LogP contribution >= 0.6 is 11.6 Å². The fraction of sp³-hybridized carbons (Fsp3) is 0.400. The molecule has 1 aromatic rings. The molecule has 0 bridgehead atoms. The molecule has 0 saturated heterocycles. The molecule has 0 aromatic carbocycles. The molecule has 8 nitrogen and oxygen atoms in total. The number of pyridine rings is 1. The van der Waals surface area contributed by atoms with Crippen LogP contribution in [0.5, 0.6) is 0 Å². The molecule has 0 fully saturated rings. The standard InChI is InChI=1S/C10H12ClN3O5/c1-4-6(14(18)19)2-5(10(11)13-4)9(17)7(15)3-8(12)16/h2,7,9,15,17H,3H2,1H3,(H2,12,16). The maximum absolute atomic E-state index is 10.8. The summed E-state index contributed by atoms with van der Waals surface area (Å²) in [5, 5.41) is 29.9. The maximum atomic E-state index is 10.8. The minimum atomic E-state index is -1.59. The van der Waals surface area contributed by atoms with Gasteiger partial charge in [0.1, 0.15) is 17.0 Å². The van der Waals surface area contributed by atoms with Crippen molar-refractivity contribution in [2.75, 3.05) is 0 Å². The van der Waals surface area contributed by atoms with E-state index in [1.807, 2.05) is 0 Å². The van der Waals surface area contributed by atoms with Crippen LogP contribution in [0.3, 0.4) is 0 Å². The van der Waals surface area contributed by atoms with E-state index < -0.39 is 29.5 Å². The minimum Gasteiger partial charge on any atom is -0.390 e. The van der Waals surface area contributed by atoms with Crippen molar-refractivity contribution in [3.63, 3.8) is 0 Å². The van der Waals surface area contributed by atoms with E-state index >= 15 is 0 Å². The largest absolute Gasteiger partial charge is 0.390 e. The van der Waals surface area contributed by atoms with E-state index in [1.54, 1.807) is 0 Å². The SMILES string of the molecule is Cc1nc(Cl)c(C(O)C(O)CC(N)=O)cc1[N+](=O)[O-]. The van der Waals surface area contributed by atoms with Gasteiger partial charge in [0.2, 0.25) is 5.91 Å². The first-order valence-corrected chi connectivity index (χ1v) is 5.57. The molecule has 2 atom stereocenters. The highest BCUT2D eigenvalue weighted by molar-refractivity contribution is 6.30. The van der Waals surface area contributed by atoms with E-state index in [0.29, 0.717) is 0 Å². The van der Waals surface area contributed by atoms with E-state index in [0.717, 1.165) is 6.07 Å². The van der Waals surface area contributed by atoms with Crippen LogP contribution in [0.15, 0.2) is 6.07 Å². The second-order valence-electron chi connectivity index (χ2n) is 3.91. The number of carbonyl (C=O) groups excluding carboxylic acids is 1. The zero-order chi connectivity index (χ0) is 14.7. The molecule has 9 heteroatoms. The van der Waals surface area contributed by atoms with Gasteiger partial charge in [0.15, 0.2) is 0 Å². The molecule has 0 spiro atoms. The Bertz CT molecular complexity index is 522. The minimum absolute atomic E-state index is 0.0790. The molecule has 2 unspecified atom stereocenters. The number of aliphatic hydroxyl groups is 2. The molecular weight excluding hydrogens is 278 g/mol. The molecule has 104 valence electrons. The highest BCUT2D eigenvalue weighted by Gasteiger charge is 2.26. The molecule has 19 heavy (non-hydrogen) atoms. The van der Waals surface area contributed by atoms with Crippen LogP contribution in [0, 0.1) is 17.0 Å². The third-order valence-electron chi connectivity index (χ3n) is 2.46. The van der Waals surface area contributed by atoms with Crippen LogP contribution < -0.4 is 5.73 Å². The number of aliphatic hydroxyl groups excluding tert-OH is 2. The fourth-order valence-corrected chi connectivity index (χ4v) is 1.79. The van der Waals surface area contributed by atoms with Gasteiger partial charge in [0.05, 0.1) is 17.4 Å². The number of amides is 1. The number of nitrogens with zero attached hydrogens (tertiary/aromatic N) is 2. The number of halogens is 1. The molecule has 4 N–H and O–H groups in total. The summed E-state index contributed by atoms with van der Waals surface area (Å²) in [5.41, 5.74) is 4.49. The summed E-state index contributed by atoms with van der Waals surface area (Å²) >= 11 is 5.76. The van der Waals surface area contributed by atoms with Crippen LogP contribution in [0.2, 0.25) is 5.15 Å². The van der Waals surface area contributed by atoms with Crippen molar-refractivity contribution < 1.29 is 19.9 Å². The summed E-state index contributed by atoms with van der Waals surface area (Å²) in [5.74, 6) is -0.822. The summed E-state index contributed by atoms with van der Waals surface area (Å²) in [6.07, 6.45) is -3.61. The number of aryl methyl sites for hydroxylation is 1. The van der Waals surface area contributed by atoms with Gasteiger partial charge in [0, 0.05) is 11.6 Å². The molecule has 1 amide bonds. The van der Waals surface area contributed by atoms with Gasteiger partial charge in [-0.25, -0.2) is 4.98 Å². The van der Waals surface area contributed by atoms with E-state index in [9.17, 15) is 25.1 Å². The van der Waals surface area contributed by atoms with Gasteiger partial charge in [0.25, 0.3) is 5.69 Å². The lowest BCUT2D eigenvalue weighted by atomic mass is 10.0. The number of carbonyl (C=O) groups is 1. The van der Waals surface area contributed by atoms with Crippen molar-refractivity contribution in [2.24, 2.45) is 5.73 Å². The Morgan fingerprint density at radius 3 is 2.68 bits per heavy atom. The average Bonchev–Trinajstić information content (AvgIpc) is 2.26. The normalized spacial score (nSPS) is 13.9. The van der Waals surface area contributed by atoms with Gasteiger partial charge >= 0.3 is 0 Å². The molecule has 1 rings (SSSR count). The topological polar surface area (TPSA) is 140 Å². The third kappa shape index (κ3) is 3.60. The van der Waals surface area contributed by atoms with E-state index in [-0.39, 0.29) is 22.1 Å². The van der Waals surface area contributed by atoms with Crippen molar-refractivity contribution >= 4 is 23.2 Å². The quantitative estimate of drug-likeness (QED) is 0.402. The van der Waals surface area contributed by atoms with Crippen molar-refractivity contribution in [1.29, 1.82) is 0 Å². The zero-order valence-corrected chi connectivity index (χ0v) is 10.7. The van der Waals surface area contributed by atoms with Gasteiger partial charge in [-0.1, -0.05) is 11.6 Å². The van der Waals surface area contributed by atoms with Crippen molar-refractivity contribution in [1.82, 2.24) is 4.98 Å². The molecule has 0 radical (unpaired) electrons. The lowest BCUT2D eigenvalue weighted by Gasteiger charge is -2.17. The highest BCUT2D eigenvalue weighted by atomic mass is 35.5. The molecule has 0 aliphatic carbocycles. The molecule has 1 aromatic heterocycles. The summed E-state index contributed by atoms with van der Waals surface area (Å²) in [6, 6.07) is 1.01.